The molecule has 1 heterocycles. The fraction of sp³-hybridized carbons (Fsp3) is 0.692. The summed E-state index contributed by atoms with van der Waals surface area (Å²) < 4.78 is 5.30. The second-order valence-corrected chi connectivity index (χ2v) is 7.04. The minimum atomic E-state index is -0.461. The van der Waals surface area contributed by atoms with Crippen LogP contribution in [0.1, 0.15) is 49.5 Å². The average Bonchev–Trinajstić information content (AvgIpc) is 2.95. The highest BCUT2D eigenvalue weighted by molar-refractivity contribution is 7.11. The molecule has 0 aliphatic heterocycles. The summed E-state index contributed by atoms with van der Waals surface area (Å²) in [7, 11) is 0. The van der Waals surface area contributed by atoms with E-state index >= 15 is 0 Å². The molecule has 0 aromatic carbocycles. The summed E-state index contributed by atoms with van der Waals surface area (Å²) in [4.78, 5) is 17.4. The van der Waals surface area contributed by atoms with E-state index in [0.717, 1.165) is 17.8 Å². The van der Waals surface area contributed by atoms with Crippen LogP contribution in [0, 0.1) is 12.8 Å². The highest BCUT2D eigenvalue weighted by atomic mass is 32.1. The lowest BCUT2D eigenvalue weighted by molar-refractivity contribution is 0.0497. The molecular formula is C13H20N2O2S. The molecule has 1 aromatic heterocycles. The van der Waals surface area contributed by atoms with Crippen molar-refractivity contribution < 1.29 is 9.53 Å². The molecule has 1 aliphatic carbocycles. The molecule has 2 rings (SSSR count). The molecule has 1 aromatic rings. The van der Waals surface area contributed by atoms with Gasteiger partial charge in [0.25, 0.3) is 0 Å². The van der Waals surface area contributed by atoms with Crippen LogP contribution in [0.3, 0.4) is 0 Å². The zero-order valence-electron chi connectivity index (χ0n) is 11.3. The number of rotatable bonds is 3. The van der Waals surface area contributed by atoms with Gasteiger partial charge < -0.3 is 10.1 Å². The number of nitrogens with zero attached hydrogens (tertiary/aromatic N) is 1. The Hall–Kier alpha value is -1.10. The quantitative estimate of drug-likeness (QED) is 0.913. The number of alkyl carbamates (subject to hydrolysis) is 1. The van der Waals surface area contributed by atoms with Crippen LogP contribution < -0.4 is 5.32 Å². The van der Waals surface area contributed by atoms with Crippen molar-refractivity contribution >= 4 is 17.4 Å². The number of carbonyl (C=O) groups excluding carboxylic acids is 1. The summed E-state index contributed by atoms with van der Waals surface area (Å²) in [5, 5.41) is 3.94. The predicted octanol–water partition coefficient (Wildman–Crippen LogP) is 3.43. The minimum absolute atomic E-state index is 0.0125. The van der Waals surface area contributed by atoms with Crippen LogP contribution in [0.4, 0.5) is 4.79 Å². The van der Waals surface area contributed by atoms with Crippen molar-refractivity contribution in [2.45, 2.75) is 52.2 Å². The Morgan fingerprint density at radius 3 is 2.67 bits per heavy atom. The molecule has 4 nitrogen and oxygen atoms in total. The molecule has 0 bridgehead atoms. The monoisotopic (exact) mass is 268 g/mol. The van der Waals surface area contributed by atoms with Crippen molar-refractivity contribution in [1.82, 2.24) is 10.3 Å². The molecule has 1 N–H and O–H groups in total. The molecule has 0 spiro atoms. The van der Waals surface area contributed by atoms with Crippen molar-refractivity contribution in [3.8, 4) is 0 Å². The SMILES string of the molecule is Cc1cnc([C@@H](NC(=O)OC(C)(C)C)C2CC2)s1. The number of aromatic nitrogens is 1. The number of thiazole rings is 1. The number of hydrogen-bond donors (Lipinski definition) is 1. The van der Waals surface area contributed by atoms with Gasteiger partial charge in [0.05, 0.1) is 6.04 Å². The van der Waals surface area contributed by atoms with Crippen molar-refractivity contribution in [3.63, 3.8) is 0 Å². The molecule has 0 saturated heterocycles. The molecule has 18 heavy (non-hydrogen) atoms. The van der Waals surface area contributed by atoms with E-state index < -0.39 is 5.60 Å². The zero-order chi connectivity index (χ0) is 13.3. The Morgan fingerprint density at radius 2 is 2.22 bits per heavy atom. The molecule has 1 atom stereocenters. The van der Waals surface area contributed by atoms with E-state index in [-0.39, 0.29) is 12.1 Å². The van der Waals surface area contributed by atoms with Gasteiger partial charge in [-0.2, -0.15) is 0 Å². The lowest BCUT2D eigenvalue weighted by Gasteiger charge is -2.22. The van der Waals surface area contributed by atoms with Gasteiger partial charge in [0.1, 0.15) is 10.6 Å². The summed E-state index contributed by atoms with van der Waals surface area (Å²) >= 11 is 1.64. The summed E-state index contributed by atoms with van der Waals surface area (Å²) in [5.74, 6) is 0.517. The Balaban J connectivity index is 2.01. The molecule has 5 heteroatoms. The van der Waals surface area contributed by atoms with Crippen LogP contribution in [0.25, 0.3) is 0 Å². The molecule has 0 radical (unpaired) electrons. The highest BCUT2D eigenvalue weighted by Gasteiger charge is 2.36. The number of aryl methyl sites for hydroxylation is 1. The zero-order valence-corrected chi connectivity index (χ0v) is 12.1. The molecule has 0 unspecified atom stereocenters. The maximum atomic E-state index is 11.8. The second kappa shape index (κ2) is 4.88. The Morgan fingerprint density at radius 1 is 1.56 bits per heavy atom. The lowest BCUT2D eigenvalue weighted by atomic mass is 10.2. The fourth-order valence-corrected chi connectivity index (χ4v) is 2.68. The van der Waals surface area contributed by atoms with E-state index in [1.54, 1.807) is 11.3 Å². The molecule has 1 fully saturated rings. The van der Waals surface area contributed by atoms with Gasteiger partial charge in [-0.3, -0.25) is 0 Å². The molecule has 1 aliphatic rings. The topological polar surface area (TPSA) is 51.2 Å². The van der Waals surface area contributed by atoms with Crippen LogP contribution in [-0.2, 0) is 4.74 Å². The van der Waals surface area contributed by atoms with Gasteiger partial charge in [-0.15, -0.1) is 11.3 Å². The number of nitrogens with one attached hydrogen (secondary N) is 1. The third kappa shape index (κ3) is 3.70. The predicted molar refractivity (Wildman–Crippen MR) is 71.7 cm³/mol. The number of carbonyl (C=O) groups is 1. The number of amides is 1. The van der Waals surface area contributed by atoms with Crippen molar-refractivity contribution in [2.75, 3.05) is 0 Å². The van der Waals surface area contributed by atoms with Crippen molar-refractivity contribution in [3.05, 3.63) is 16.1 Å². The van der Waals surface area contributed by atoms with Gasteiger partial charge in [-0.25, -0.2) is 9.78 Å². The first-order valence-electron chi connectivity index (χ1n) is 6.27. The van der Waals surface area contributed by atoms with E-state index in [1.807, 2.05) is 33.9 Å². The maximum Gasteiger partial charge on any atom is 0.408 e. The van der Waals surface area contributed by atoms with E-state index in [4.69, 9.17) is 4.74 Å². The van der Waals surface area contributed by atoms with Gasteiger partial charge in [0.15, 0.2) is 0 Å². The maximum absolute atomic E-state index is 11.8. The summed E-state index contributed by atoms with van der Waals surface area (Å²) in [6, 6.07) is 0.0125. The van der Waals surface area contributed by atoms with E-state index in [9.17, 15) is 4.79 Å². The highest BCUT2D eigenvalue weighted by Crippen LogP contribution is 2.42. The van der Waals surface area contributed by atoms with Gasteiger partial charge in [0, 0.05) is 11.1 Å². The normalized spacial score (nSPS) is 17.3. The molecule has 1 saturated carbocycles. The first-order chi connectivity index (χ1) is 8.35. The second-order valence-electron chi connectivity index (χ2n) is 5.77. The van der Waals surface area contributed by atoms with Crippen molar-refractivity contribution in [2.24, 2.45) is 5.92 Å². The van der Waals surface area contributed by atoms with Gasteiger partial charge in [0.2, 0.25) is 0 Å². The van der Waals surface area contributed by atoms with E-state index in [1.165, 1.54) is 4.88 Å². The smallest absolute Gasteiger partial charge is 0.408 e. The number of ether oxygens (including phenoxy) is 1. The first kappa shape index (κ1) is 13.3. The fourth-order valence-electron chi connectivity index (χ4n) is 1.76. The van der Waals surface area contributed by atoms with Crippen LogP contribution in [0.15, 0.2) is 6.20 Å². The first-order valence-corrected chi connectivity index (χ1v) is 7.08. The standard InChI is InChI=1S/C13H20N2O2S/c1-8-7-14-11(18-8)10(9-5-6-9)15-12(16)17-13(2,3)4/h7,9-10H,5-6H2,1-4H3,(H,15,16)/t10-/m0/s1. The van der Waals surface area contributed by atoms with Gasteiger partial charge in [-0.1, -0.05) is 0 Å². The van der Waals surface area contributed by atoms with Crippen molar-refractivity contribution in [1.29, 1.82) is 0 Å². The van der Waals surface area contributed by atoms with Crippen LogP contribution in [-0.4, -0.2) is 16.7 Å². The molecular weight excluding hydrogens is 248 g/mol. The Labute approximate surface area is 112 Å². The van der Waals surface area contributed by atoms with Gasteiger partial charge >= 0.3 is 6.09 Å². The number of hydrogen-bond acceptors (Lipinski definition) is 4. The third-order valence-corrected chi connectivity index (χ3v) is 3.67. The summed E-state index contributed by atoms with van der Waals surface area (Å²) in [6.45, 7) is 7.63. The summed E-state index contributed by atoms with van der Waals surface area (Å²) in [6.07, 6.45) is 3.80. The largest absolute Gasteiger partial charge is 0.444 e. The average molecular weight is 268 g/mol. The third-order valence-electron chi connectivity index (χ3n) is 2.67. The van der Waals surface area contributed by atoms with Crippen LogP contribution in [0.5, 0.6) is 0 Å². The van der Waals surface area contributed by atoms with E-state index in [0.29, 0.717) is 5.92 Å². The van der Waals surface area contributed by atoms with E-state index in [2.05, 4.69) is 10.3 Å². The van der Waals surface area contributed by atoms with Gasteiger partial charge in [-0.05, 0) is 46.5 Å². The Bertz CT molecular complexity index is 432. The summed E-state index contributed by atoms with van der Waals surface area (Å²) in [5.41, 5.74) is -0.461. The lowest BCUT2D eigenvalue weighted by Crippen LogP contribution is -2.35. The minimum Gasteiger partial charge on any atom is -0.444 e. The van der Waals surface area contributed by atoms with Crippen LogP contribution >= 0.6 is 11.3 Å². The molecule has 1 amide bonds. The Kier molecular flexibility index (Phi) is 3.61. The molecule has 100 valence electrons. The van der Waals surface area contributed by atoms with Crippen LogP contribution in [0.2, 0.25) is 0 Å².